The number of nitrogens with zero attached hydrogens (tertiary/aromatic N) is 2. The zero-order chi connectivity index (χ0) is 12.7. The number of amides is 2. The lowest BCUT2D eigenvalue weighted by Crippen LogP contribution is -2.36. The maximum atomic E-state index is 11.4. The summed E-state index contributed by atoms with van der Waals surface area (Å²) in [7, 11) is 0. The summed E-state index contributed by atoms with van der Waals surface area (Å²) in [6.07, 6.45) is 5.66. The van der Waals surface area contributed by atoms with Crippen LogP contribution in [-0.4, -0.2) is 34.1 Å². The molecule has 0 saturated heterocycles. The highest BCUT2D eigenvalue weighted by atomic mass is 16.2. The lowest BCUT2D eigenvalue weighted by Gasteiger charge is -2.11. The Kier molecular flexibility index (Phi) is 5.19. The predicted octanol–water partition coefficient (Wildman–Crippen LogP) is 0.746. The summed E-state index contributed by atoms with van der Waals surface area (Å²) in [6.45, 7) is 4.27. The van der Waals surface area contributed by atoms with Crippen LogP contribution in [0.4, 0.5) is 4.79 Å². The number of carbonyl (C=O) groups is 2. The second kappa shape index (κ2) is 6.67. The third-order valence-electron chi connectivity index (χ3n) is 2.39. The van der Waals surface area contributed by atoms with Crippen LogP contribution in [0.3, 0.4) is 0 Å². The molecule has 1 heterocycles. The van der Waals surface area contributed by atoms with E-state index in [0.29, 0.717) is 6.54 Å². The van der Waals surface area contributed by atoms with E-state index >= 15 is 0 Å². The Hall–Kier alpha value is -1.85. The Morgan fingerprint density at radius 1 is 1.47 bits per heavy atom. The second-order valence-corrected chi connectivity index (χ2v) is 3.83. The van der Waals surface area contributed by atoms with E-state index in [-0.39, 0.29) is 24.4 Å². The molecule has 1 aromatic heterocycles. The third kappa shape index (κ3) is 4.67. The van der Waals surface area contributed by atoms with Crippen molar-refractivity contribution in [2.75, 3.05) is 6.54 Å². The molecule has 1 atom stereocenters. The monoisotopic (exact) mass is 238 g/mol. The number of imidazole rings is 1. The first-order valence-electron chi connectivity index (χ1n) is 5.69. The molecule has 0 aliphatic heterocycles. The van der Waals surface area contributed by atoms with Gasteiger partial charge in [-0.1, -0.05) is 6.92 Å². The van der Waals surface area contributed by atoms with Crippen molar-refractivity contribution < 1.29 is 9.59 Å². The molecule has 0 aliphatic rings. The van der Waals surface area contributed by atoms with E-state index in [9.17, 15) is 9.59 Å². The van der Waals surface area contributed by atoms with Crippen molar-refractivity contribution in [2.24, 2.45) is 0 Å². The molecule has 0 saturated carbocycles. The van der Waals surface area contributed by atoms with Gasteiger partial charge in [0.15, 0.2) is 0 Å². The number of carbonyl (C=O) groups excluding carboxylic acids is 2. The van der Waals surface area contributed by atoms with Crippen molar-refractivity contribution in [3.63, 3.8) is 0 Å². The Morgan fingerprint density at radius 2 is 2.24 bits per heavy atom. The van der Waals surface area contributed by atoms with Crippen molar-refractivity contribution in [2.45, 2.75) is 32.7 Å². The zero-order valence-electron chi connectivity index (χ0n) is 10.1. The molecule has 17 heavy (non-hydrogen) atoms. The Bertz CT molecular complexity index is 362. The summed E-state index contributed by atoms with van der Waals surface area (Å²) >= 11 is 0. The fraction of sp³-hybridized carbons (Fsp3) is 0.545. The van der Waals surface area contributed by atoms with Crippen LogP contribution < -0.4 is 10.6 Å². The predicted molar refractivity (Wildman–Crippen MR) is 63.5 cm³/mol. The van der Waals surface area contributed by atoms with E-state index in [0.717, 1.165) is 6.42 Å². The van der Waals surface area contributed by atoms with Gasteiger partial charge in [0.1, 0.15) is 6.33 Å². The number of rotatable bonds is 5. The van der Waals surface area contributed by atoms with Gasteiger partial charge in [-0.25, -0.2) is 9.78 Å². The van der Waals surface area contributed by atoms with E-state index in [1.165, 1.54) is 17.1 Å². The molecule has 0 spiro atoms. The standard InChI is InChI=1S/C11H18N4O2/c1-3-9(2)14-10(16)4-5-13-11(17)15-7-6-12-8-15/h6-9H,3-5H2,1-2H3,(H,13,17)(H,14,16). The largest absolute Gasteiger partial charge is 0.354 e. The van der Waals surface area contributed by atoms with Gasteiger partial charge in [0.25, 0.3) is 0 Å². The van der Waals surface area contributed by atoms with Crippen LogP contribution in [0, 0.1) is 0 Å². The normalized spacial score (nSPS) is 11.9. The number of hydrogen-bond acceptors (Lipinski definition) is 3. The number of nitrogens with one attached hydrogen (secondary N) is 2. The van der Waals surface area contributed by atoms with Gasteiger partial charge >= 0.3 is 6.03 Å². The molecule has 0 aromatic carbocycles. The summed E-state index contributed by atoms with van der Waals surface area (Å²) < 4.78 is 1.33. The molecule has 6 nitrogen and oxygen atoms in total. The quantitative estimate of drug-likeness (QED) is 0.794. The maximum Gasteiger partial charge on any atom is 0.326 e. The van der Waals surface area contributed by atoms with Gasteiger partial charge in [-0.3, -0.25) is 9.36 Å². The van der Waals surface area contributed by atoms with Crippen LogP contribution >= 0.6 is 0 Å². The molecule has 1 aromatic rings. The van der Waals surface area contributed by atoms with E-state index in [2.05, 4.69) is 15.6 Å². The molecule has 0 fully saturated rings. The smallest absolute Gasteiger partial charge is 0.326 e. The van der Waals surface area contributed by atoms with Gasteiger partial charge in [-0.15, -0.1) is 0 Å². The minimum atomic E-state index is -0.279. The van der Waals surface area contributed by atoms with Crippen molar-refractivity contribution in [1.82, 2.24) is 20.2 Å². The molecule has 2 amide bonds. The van der Waals surface area contributed by atoms with Gasteiger partial charge in [-0.05, 0) is 13.3 Å². The molecule has 0 aliphatic carbocycles. The highest BCUT2D eigenvalue weighted by Crippen LogP contribution is 1.90. The number of hydrogen-bond donors (Lipinski definition) is 2. The molecule has 0 bridgehead atoms. The lowest BCUT2D eigenvalue weighted by atomic mass is 10.2. The van der Waals surface area contributed by atoms with Gasteiger partial charge < -0.3 is 10.6 Å². The Balaban J connectivity index is 2.20. The van der Waals surface area contributed by atoms with Crippen molar-refractivity contribution in [3.05, 3.63) is 18.7 Å². The maximum absolute atomic E-state index is 11.4. The Labute approximate surface area is 100 Å². The van der Waals surface area contributed by atoms with Crippen LogP contribution in [0.1, 0.15) is 26.7 Å². The highest BCUT2D eigenvalue weighted by Gasteiger charge is 2.07. The summed E-state index contributed by atoms with van der Waals surface area (Å²) in [6, 6.07) is -0.106. The van der Waals surface area contributed by atoms with E-state index in [1.54, 1.807) is 6.20 Å². The SMILES string of the molecule is CCC(C)NC(=O)CCNC(=O)n1ccnc1. The molecular formula is C11H18N4O2. The lowest BCUT2D eigenvalue weighted by molar-refractivity contribution is -0.121. The van der Waals surface area contributed by atoms with Crippen molar-refractivity contribution in [3.8, 4) is 0 Å². The van der Waals surface area contributed by atoms with Gasteiger partial charge in [0, 0.05) is 31.4 Å². The average molecular weight is 238 g/mol. The van der Waals surface area contributed by atoms with Crippen molar-refractivity contribution in [1.29, 1.82) is 0 Å². The van der Waals surface area contributed by atoms with Gasteiger partial charge in [0.2, 0.25) is 5.91 Å². The first-order valence-corrected chi connectivity index (χ1v) is 5.69. The molecule has 6 heteroatoms. The topological polar surface area (TPSA) is 76.0 Å². The van der Waals surface area contributed by atoms with Crippen LogP contribution in [0.2, 0.25) is 0 Å². The van der Waals surface area contributed by atoms with E-state index < -0.39 is 0 Å². The van der Waals surface area contributed by atoms with Crippen LogP contribution in [-0.2, 0) is 4.79 Å². The van der Waals surface area contributed by atoms with Crippen molar-refractivity contribution >= 4 is 11.9 Å². The molecule has 94 valence electrons. The summed E-state index contributed by atoms with van der Waals surface area (Å²) in [5.41, 5.74) is 0. The van der Waals surface area contributed by atoms with Crippen LogP contribution in [0.25, 0.3) is 0 Å². The molecule has 1 rings (SSSR count). The second-order valence-electron chi connectivity index (χ2n) is 3.83. The van der Waals surface area contributed by atoms with E-state index in [1.807, 2.05) is 13.8 Å². The summed E-state index contributed by atoms with van der Waals surface area (Å²) in [4.78, 5) is 26.6. The fourth-order valence-electron chi connectivity index (χ4n) is 1.20. The summed E-state index contributed by atoms with van der Waals surface area (Å²) in [5, 5.41) is 5.46. The summed E-state index contributed by atoms with van der Waals surface area (Å²) in [5.74, 6) is -0.0507. The van der Waals surface area contributed by atoms with Gasteiger partial charge in [-0.2, -0.15) is 0 Å². The minimum Gasteiger partial charge on any atom is -0.354 e. The third-order valence-corrected chi connectivity index (χ3v) is 2.39. The van der Waals surface area contributed by atoms with Gasteiger partial charge in [0.05, 0.1) is 0 Å². The first-order chi connectivity index (χ1) is 8.13. The Morgan fingerprint density at radius 3 is 2.82 bits per heavy atom. The van der Waals surface area contributed by atoms with Crippen LogP contribution in [0.5, 0.6) is 0 Å². The first kappa shape index (κ1) is 13.2. The highest BCUT2D eigenvalue weighted by molar-refractivity contribution is 5.79. The molecule has 1 unspecified atom stereocenters. The molecular weight excluding hydrogens is 220 g/mol. The molecule has 2 N–H and O–H groups in total. The zero-order valence-corrected chi connectivity index (χ0v) is 10.1. The average Bonchev–Trinajstić information content (AvgIpc) is 2.82. The number of aromatic nitrogens is 2. The molecule has 0 radical (unpaired) electrons. The van der Waals surface area contributed by atoms with Crippen LogP contribution in [0.15, 0.2) is 18.7 Å². The fourth-order valence-corrected chi connectivity index (χ4v) is 1.20. The minimum absolute atomic E-state index is 0.0507. The van der Waals surface area contributed by atoms with E-state index in [4.69, 9.17) is 0 Å².